The minimum absolute atomic E-state index is 0.671. The van der Waals surface area contributed by atoms with Crippen LogP contribution in [0.1, 0.15) is 60.3 Å². The predicted octanol–water partition coefficient (Wildman–Crippen LogP) is 3.52. The maximum absolute atomic E-state index is 3.68. The van der Waals surface area contributed by atoms with Crippen LogP contribution >= 0.6 is 0 Å². The van der Waals surface area contributed by atoms with Gasteiger partial charge in [0.25, 0.3) is 0 Å². The number of nitrogens with zero attached hydrogens (tertiary/aromatic N) is 1. The van der Waals surface area contributed by atoms with E-state index in [0.29, 0.717) is 6.04 Å². The third-order valence-electron chi connectivity index (χ3n) is 4.57. The summed E-state index contributed by atoms with van der Waals surface area (Å²) >= 11 is 0. The van der Waals surface area contributed by atoms with Crippen molar-refractivity contribution in [2.75, 3.05) is 19.6 Å². The Morgan fingerprint density at radius 2 is 1.89 bits per heavy atom. The Hall–Kier alpha value is -0.0800. The molecule has 1 saturated heterocycles. The summed E-state index contributed by atoms with van der Waals surface area (Å²) < 4.78 is 0. The second kappa shape index (κ2) is 8.16. The van der Waals surface area contributed by atoms with Crippen molar-refractivity contribution in [3.8, 4) is 0 Å². The Kier molecular flexibility index (Phi) is 7.25. The fourth-order valence-electron chi connectivity index (χ4n) is 2.88. The number of hydrogen-bond acceptors (Lipinski definition) is 2. The van der Waals surface area contributed by atoms with Crippen molar-refractivity contribution in [2.24, 2.45) is 11.8 Å². The lowest BCUT2D eigenvalue weighted by molar-refractivity contribution is 0.114. The van der Waals surface area contributed by atoms with Crippen molar-refractivity contribution in [3.05, 3.63) is 0 Å². The van der Waals surface area contributed by atoms with Crippen LogP contribution in [0.2, 0.25) is 0 Å². The summed E-state index contributed by atoms with van der Waals surface area (Å²) in [7, 11) is 0. The van der Waals surface area contributed by atoms with Crippen LogP contribution in [0, 0.1) is 11.8 Å². The van der Waals surface area contributed by atoms with Crippen LogP contribution in [-0.4, -0.2) is 36.6 Å². The third kappa shape index (κ3) is 5.71. The third-order valence-corrected chi connectivity index (χ3v) is 4.57. The smallest absolute Gasteiger partial charge is 0.0110 e. The van der Waals surface area contributed by atoms with Crippen LogP contribution in [0.15, 0.2) is 0 Å². The average Bonchev–Trinajstić information content (AvgIpc) is 2.32. The number of rotatable bonds is 7. The minimum Gasteiger partial charge on any atom is -0.313 e. The monoisotopic (exact) mass is 254 g/mol. The molecule has 0 amide bonds. The van der Waals surface area contributed by atoms with Gasteiger partial charge in [0, 0.05) is 25.2 Å². The summed E-state index contributed by atoms with van der Waals surface area (Å²) in [4.78, 5) is 2.66. The molecule has 0 spiro atoms. The highest BCUT2D eigenvalue weighted by Crippen LogP contribution is 2.22. The van der Waals surface area contributed by atoms with Crippen LogP contribution in [0.4, 0.5) is 0 Å². The molecule has 0 aromatic carbocycles. The first-order valence-electron chi connectivity index (χ1n) is 7.98. The van der Waals surface area contributed by atoms with Crippen LogP contribution in [0.5, 0.6) is 0 Å². The number of nitrogens with one attached hydrogen (secondary N) is 1. The SMILES string of the molecule is CC(C)CCC(C)NCCN1CCCC(C)C1C. The van der Waals surface area contributed by atoms with E-state index in [1.54, 1.807) is 0 Å². The quantitative estimate of drug-likeness (QED) is 0.748. The van der Waals surface area contributed by atoms with Gasteiger partial charge in [-0.3, -0.25) is 4.90 Å². The summed E-state index contributed by atoms with van der Waals surface area (Å²) in [5.41, 5.74) is 0. The highest BCUT2D eigenvalue weighted by molar-refractivity contribution is 4.79. The Morgan fingerprint density at radius 3 is 2.56 bits per heavy atom. The lowest BCUT2D eigenvalue weighted by Crippen LogP contribution is -2.46. The Balaban J connectivity index is 2.13. The molecular weight excluding hydrogens is 220 g/mol. The fraction of sp³-hybridized carbons (Fsp3) is 1.00. The molecule has 1 N–H and O–H groups in total. The van der Waals surface area contributed by atoms with Crippen LogP contribution in [0.3, 0.4) is 0 Å². The molecule has 18 heavy (non-hydrogen) atoms. The predicted molar refractivity (Wildman–Crippen MR) is 81.0 cm³/mol. The molecule has 0 radical (unpaired) electrons. The first kappa shape index (κ1) is 16.0. The molecule has 0 aromatic heterocycles. The van der Waals surface area contributed by atoms with Gasteiger partial charge in [0.15, 0.2) is 0 Å². The lowest BCUT2D eigenvalue weighted by Gasteiger charge is -2.38. The maximum atomic E-state index is 3.68. The summed E-state index contributed by atoms with van der Waals surface area (Å²) in [5.74, 6) is 1.70. The van der Waals surface area contributed by atoms with E-state index in [-0.39, 0.29) is 0 Å². The molecule has 2 nitrogen and oxygen atoms in total. The molecule has 108 valence electrons. The Labute approximate surface area is 115 Å². The van der Waals surface area contributed by atoms with Crippen molar-refractivity contribution in [1.82, 2.24) is 10.2 Å². The first-order valence-corrected chi connectivity index (χ1v) is 7.98. The molecule has 0 bridgehead atoms. The van der Waals surface area contributed by atoms with Crippen LogP contribution in [-0.2, 0) is 0 Å². The van der Waals surface area contributed by atoms with Crippen molar-refractivity contribution in [1.29, 1.82) is 0 Å². The summed E-state index contributed by atoms with van der Waals surface area (Å²) in [6.07, 6.45) is 5.44. The minimum atomic E-state index is 0.671. The van der Waals surface area contributed by atoms with E-state index in [2.05, 4.69) is 44.8 Å². The van der Waals surface area contributed by atoms with Crippen molar-refractivity contribution < 1.29 is 0 Å². The first-order chi connectivity index (χ1) is 8.50. The van der Waals surface area contributed by atoms with Crippen molar-refractivity contribution in [3.63, 3.8) is 0 Å². The molecule has 2 heteroatoms. The van der Waals surface area contributed by atoms with Crippen molar-refractivity contribution >= 4 is 0 Å². The van der Waals surface area contributed by atoms with Gasteiger partial charge in [-0.15, -0.1) is 0 Å². The zero-order valence-corrected chi connectivity index (χ0v) is 13.2. The molecule has 0 aliphatic carbocycles. The molecule has 1 aliphatic rings. The topological polar surface area (TPSA) is 15.3 Å². The zero-order chi connectivity index (χ0) is 13.5. The standard InChI is InChI=1S/C16H34N2/c1-13(2)8-9-15(4)17-10-12-18-11-6-7-14(3)16(18)5/h13-17H,6-12H2,1-5H3. The summed E-state index contributed by atoms with van der Waals surface area (Å²) in [6.45, 7) is 15.4. The summed E-state index contributed by atoms with van der Waals surface area (Å²) in [5, 5.41) is 3.68. The van der Waals surface area contributed by atoms with E-state index in [1.807, 2.05) is 0 Å². The van der Waals surface area contributed by atoms with Gasteiger partial charge in [0.1, 0.15) is 0 Å². The van der Waals surface area contributed by atoms with Crippen LogP contribution in [0.25, 0.3) is 0 Å². The van der Waals surface area contributed by atoms with Gasteiger partial charge in [0.2, 0.25) is 0 Å². The Bertz CT molecular complexity index is 215. The number of piperidine rings is 1. The number of hydrogen-bond donors (Lipinski definition) is 1. The van der Waals surface area contributed by atoms with E-state index < -0.39 is 0 Å². The fourth-order valence-corrected chi connectivity index (χ4v) is 2.88. The van der Waals surface area contributed by atoms with E-state index in [4.69, 9.17) is 0 Å². The van der Waals surface area contributed by atoms with Gasteiger partial charge < -0.3 is 5.32 Å². The number of likely N-dealkylation sites (tertiary alicyclic amines) is 1. The lowest BCUT2D eigenvalue weighted by atomic mass is 9.92. The van der Waals surface area contributed by atoms with Gasteiger partial charge in [-0.2, -0.15) is 0 Å². The molecule has 1 aliphatic heterocycles. The normalized spacial score (nSPS) is 27.7. The molecule has 1 rings (SSSR count). The molecule has 0 saturated carbocycles. The second-order valence-electron chi connectivity index (χ2n) is 6.72. The molecule has 1 heterocycles. The molecule has 1 fully saturated rings. The van der Waals surface area contributed by atoms with Gasteiger partial charge in [0.05, 0.1) is 0 Å². The van der Waals surface area contributed by atoms with Crippen molar-refractivity contribution in [2.45, 2.75) is 72.4 Å². The molecule has 0 aromatic rings. The maximum Gasteiger partial charge on any atom is 0.0110 e. The highest BCUT2D eigenvalue weighted by Gasteiger charge is 2.23. The van der Waals surface area contributed by atoms with Gasteiger partial charge in [-0.25, -0.2) is 0 Å². The van der Waals surface area contributed by atoms with Gasteiger partial charge in [-0.1, -0.05) is 20.8 Å². The van der Waals surface area contributed by atoms with Crippen LogP contribution < -0.4 is 5.32 Å². The second-order valence-corrected chi connectivity index (χ2v) is 6.72. The van der Waals surface area contributed by atoms with E-state index in [9.17, 15) is 0 Å². The Morgan fingerprint density at radius 1 is 1.17 bits per heavy atom. The van der Waals surface area contributed by atoms with Gasteiger partial charge >= 0.3 is 0 Å². The van der Waals surface area contributed by atoms with E-state index >= 15 is 0 Å². The highest BCUT2D eigenvalue weighted by atomic mass is 15.2. The van der Waals surface area contributed by atoms with E-state index in [1.165, 1.54) is 38.8 Å². The molecule has 3 atom stereocenters. The molecule has 3 unspecified atom stereocenters. The molecular formula is C16H34N2. The summed E-state index contributed by atoms with van der Waals surface area (Å²) in [6, 6.07) is 1.44. The zero-order valence-electron chi connectivity index (χ0n) is 13.2. The van der Waals surface area contributed by atoms with Gasteiger partial charge in [-0.05, 0) is 57.9 Å². The van der Waals surface area contributed by atoms with E-state index in [0.717, 1.165) is 24.4 Å². The average molecular weight is 254 g/mol. The largest absolute Gasteiger partial charge is 0.313 e.